The van der Waals surface area contributed by atoms with Crippen molar-refractivity contribution in [3.8, 4) is 0 Å². The summed E-state index contributed by atoms with van der Waals surface area (Å²) in [5, 5.41) is 50.1. The lowest BCUT2D eigenvalue weighted by atomic mass is 9.85. The Morgan fingerprint density at radius 3 is 1.46 bits per heavy atom. The zero-order chi connectivity index (χ0) is 45.0. The second-order valence-electron chi connectivity index (χ2n) is 15.9. The first kappa shape index (κ1) is 56.6. The lowest BCUT2D eigenvalue weighted by Crippen LogP contribution is -2.64. The van der Waals surface area contributed by atoms with Crippen molar-refractivity contribution in [3.63, 3.8) is 0 Å². The summed E-state index contributed by atoms with van der Waals surface area (Å²) < 4.78 is 33.4. The molecule has 1 fully saturated rings. The van der Waals surface area contributed by atoms with Crippen molar-refractivity contribution in [2.24, 2.45) is 0 Å². The van der Waals surface area contributed by atoms with Gasteiger partial charge in [-0.25, -0.2) is 4.57 Å². The monoisotopic (exact) mass is 885 g/mol. The average Bonchev–Trinajstić information content (AvgIpc) is 3.24. The van der Waals surface area contributed by atoms with Gasteiger partial charge in [-0.2, -0.15) is 0 Å². The number of rotatable bonds is 37. The second kappa shape index (κ2) is 37.0. The molecule has 0 aromatic heterocycles. The van der Waals surface area contributed by atoms with E-state index >= 15 is 0 Å². The highest BCUT2D eigenvalue weighted by molar-refractivity contribution is 7.47. The summed E-state index contributed by atoms with van der Waals surface area (Å²) in [6.45, 7) is 3.19. The minimum absolute atomic E-state index is 0.0172. The quantitative estimate of drug-likeness (QED) is 0.0149. The Morgan fingerprint density at radius 2 is 0.918 bits per heavy atom. The van der Waals surface area contributed by atoms with Crippen LogP contribution in [-0.4, -0.2) is 98.3 Å². The maximum absolute atomic E-state index is 12.8. The molecule has 1 aliphatic carbocycles. The van der Waals surface area contributed by atoms with Crippen molar-refractivity contribution in [1.29, 1.82) is 0 Å². The molecule has 0 heterocycles. The number of ether oxygens (including phenoxy) is 2. The second-order valence-corrected chi connectivity index (χ2v) is 17.3. The number of esters is 2. The Morgan fingerprint density at radius 1 is 0.508 bits per heavy atom. The Balaban J connectivity index is 2.50. The van der Waals surface area contributed by atoms with E-state index in [-0.39, 0.29) is 12.8 Å². The van der Waals surface area contributed by atoms with Crippen LogP contribution in [0.3, 0.4) is 0 Å². The van der Waals surface area contributed by atoms with Crippen LogP contribution < -0.4 is 0 Å². The van der Waals surface area contributed by atoms with Crippen molar-refractivity contribution < 1.29 is 63.1 Å². The van der Waals surface area contributed by atoms with Crippen LogP contribution in [-0.2, 0) is 32.7 Å². The van der Waals surface area contributed by atoms with Crippen LogP contribution in [0.5, 0.6) is 0 Å². The summed E-state index contributed by atoms with van der Waals surface area (Å²) in [7, 11) is -5.13. The van der Waals surface area contributed by atoms with E-state index in [0.717, 1.165) is 64.2 Å². The van der Waals surface area contributed by atoms with Gasteiger partial charge in [-0.05, 0) is 70.6 Å². The molecule has 352 valence electrons. The number of carbonyl (C=O) groups excluding carboxylic acids is 2. The van der Waals surface area contributed by atoms with E-state index in [9.17, 15) is 44.6 Å². The number of allylic oxidation sites excluding steroid dienone is 10. The third-order valence-corrected chi connectivity index (χ3v) is 11.3. The van der Waals surface area contributed by atoms with E-state index in [0.29, 0.717) is 19.3 Å². The van der Waals surface area contributed by atoms with E-state index in [4.69, 9.17) is 18.5 Å². The van der Waals surface area contributed by atoms with Gasteiger partial charge in [0.25, 0.3) is 0 Å². The van der Waals surface area contributed by atoms with Crippen molar-refractivity contribution in [3.05, 3.63) is 60.8 Å². The molecule has 0 saturated heterocycles. The summed E-state index contributed by atoms with van der Waals surface area (Å²) in [4.78, 5) is 35.6. The van der Waals surface area contributed by atoms with Crippen LogP contribution in [0.4, 0.5) is 0 Å². The fourth-order valence-corrected chi connectivity index (χ4v) is 7.53. The number of aliphatic hydroxyl groups excluding tert-OH is 5. The molecule has 6 N–H and O–H groups in total. The van der Waals surface area contributed by atoms with Crippen molar-refractivity contribution >= 4 is 19.8 Å². The molecule has 0 aliphatic heterocycles. The first-order valence-corrected chi connectivity index (χ1v) is 24.6. The molecule has 0 radical (unpaired) electrons. The zero-order valence-corrected chi connectivity index (χ0v) is 38.1. The Bertz CT molecular complexity index is 1300. The first-order chi connectivity index (χ1) is 29.4. The van der Waals surface area contributed by atoms with Crippen molar-refractivity contribution in [2.45, 2.75) is 211 Å². The molecule has 0 aromatic carbocycles. The first-order valence-electron chi connectivity index (χ1n) is 23.1. The van der Waals surface area contributed by atoms with Gasteiger partial charge >= 0.3 is 19.8 Å². The minimum Gasteiger partial charge on any atom is -0.462 e. The molecule has 1 rings (SSSR count). The Labute approximate surface area is 366 Å². The van der Waals surface area contributed by atoms with E-state index < -0.39 is 75.7 Å². The number of hydrogen-bond donors (Lipinski definition) is 6. The van der Waals surface area contributed by atoms with E-state index in [1.165, 1.54) is 57.8 Å². The average molecular weight is 885 g/mol. The summed E-state index contributed by atoms with van der Waals surface area (Å²) in [6.07, 6.45) is 31.5. The normalized spacial score (nSPS) is 22.6. The Kier molecular flexibility index (Phi) is 34.3. The lowest BCUT2D eigenvalue weighted by Gasteiger charge is -2.41. The third kappa shape index (κ3) is 29.5. The van der Waals surface area contributed by atoms with Crippen LogP contribution in [0.1, 0.15) is 168 Å². The van der Waals surface area contributed by atoms with E-state index in [2.05, 4.69) is 62.5 Å². The molecular weight excluding hydrogens is 803 g/mol. The van der Waals surface area contributed by atoms with Gasteiger partial charge in [0.15, 0.2) is 6.10 Å². The molecule has 0 amide bonds. The van der Waals surface area contributed by atoms with Crippen LogP contribution >= 0.6 is 7.82 Å². The molecule has 8 atom stereocenters. The maximum atomic E-state index is 12.8. The largest absolute Gasteiger partial charge is 0.472 e. The molecular formula is C47H81O13P. The summed E-state index contributed by atoms with van der Waals surface area (Å²) in [5.74, 6) is -1.18. The van der Waals surface area contributed by atoms with Gasteiger partial charge in [-0.15, -0.1) is 0 Å². The number of carbonyl (C=O) groups is 2. The topological polar surface area (TPSA) is 210 Å². The van der Waals surface area contributed by atoms with Gasteiger partial charge in [0.05, 0.1) is 6.61 Å². The molecule has 14 heteroatoms. The molecule has 6 unspecified atom stereocenters. The van der Waals surface area contributed by atoms with Crippen LogP contribution in [0.2, 0.25) is 0 Å². The lowest BCUT2D eigenvalue weighted by molar-refractivity contribution is -0.220. The van der Waals surface area contributed by atoms with Crippen molar-refractivity contribution in [1.82, 2.24) is 0 Å². The molecule has 0 aromatic rings. The highest BCUT2D eigenvalue weighted by Crippen LogP contribution is 2.47. The fourth-order valence-electron chi connectivity index (χ4n) is 6.55. The standard InChI is InChI=1S/C47H81O13P/c1-3-5-7-9-11-13-15-16-17-18-19-20-21-22-23-24-26-28-30-32-34-36-41(49)59-39(37-57-40(48)35-33-31-29-27-25-14-12-10-8-6-4-2)38-58-61(55,56)60-47-45(53)43(51)42(50)44(52)46(47)54/h10,12,17-18,20-21,23-24,28,30,39,42-47,50-54H,3-9,11,13-16,19,22,25-27,29,31-38H2,1-2H3,(H,55,56)/b12-10+,18-17+,21-20+,24-23+,30-28+/t39-,42?,43-,44?,45?,46?,47?/m1/s1. The summed E-state index contributed by atoms with van der Waals surface area (Å²) >= 11 is 0. The SMILES string of the molecule is CCCC/C=C/CCCCCCCC(=O)OC[C@H](COP(=O)(O)OC1C(O)C(O)C(O)[C@@H](O)C1O)OC(=O)CCC/C=C/C/C=C/C/C=C/C/C=C/CCCCCCCCC. The van der Waals surface area contributed by atoms with Crippen LogP contribution in [0.25, 0.3) is 0 Å². The minimum atomic E-state index is -5.13. The van der Waals surface area contributed by atoms with Crippen LogP contribution in [0, 0.1) is 0 Å². The maximum Gasteiger partial charge on any atom is 0.472 e. The number of hydrogen-bond acceptors (Lipinski definition) is 12. The number of phosphoric acid groups is 1. The fraction of sp³-hybridized carbons (Fsp3) is 0.745. The molecule has 13 nitrogen and oxygen atoms in total. The van der Waals surface area contributed by atoms with E-state index in [1.54, 1.807) is 0 Å². The van der Waals surface area contributed by atoms with Gasteiger partial charge in [0.1, 0.15) is 43.2 Å². The summed E-state index contributed by atoms with van der Waals surface area (Å²) in [6, 6.07) is 0. The number of phosphoric ester groups is 1. The van der Waals surface area contributed by atoms with Gasteiger partial charge in [0.2, 0.25) is 0 Å². The highest BCUT2D eigenvalue weighted by Gasteiger charge is 2.51. The third-order valence-electron chi connectivity index (χ3n) is 10.3. The van der Waals surface area contributed by atoms with Gasteiger partial charge < -0.3 is 39.9 Å². The summed E-state index contributed by atoms with van der Waals surface area (Å²) in [5.41, 5.74) is 0. The molecule has 0 bridgehead atoms. The van der Waals surface area contributed by atoms with Gasteiger partial charge in [-0.1, -0.05) is 145 Å². The smallest absolute Gasteiger partial charge is 0.462 e. The highest BCUT2D eigenvalue weighted by atomic mass is 31.2. The predicted molar refractivity (Wildman–Crippen MR) is 239 cm³/mol. The zero-order valence-electron chi connectivity index (χ0n) is 37.2. The molecule has 1 saturated carbocycles. The Hall–Kier alpha value is -2.45. The van der Waals surface area contributed by atoms with Crippen LogP contribution in [0.15, 0.2) is 60.8 Å². The molecule has 1 aliphatic rings. The predicted octanol–water partition coefficient (Wildman–Crippen LogP) is 8.94. The molecule has 0 spiro atoms. The van der Waals surface area contributed by atoms with Gasteiger partial charge in [0, 0.05) is 12.8 Å². The number of unbranched alkanes of at least 4 members (excludes halogenated alkanes) is 15. The van der Waals surface area contributed by atoms with E-state index in [1.807, 2.05) is 12.2 Å². The van der Waals surface area contributed by atoms with Gasteiger partial charge in [-0.3, -0.25) is 18.6 Å². The van der Waals surface area contributed by atoms with Crippen molar-refractivity contribution in [2.75, 3.05) is 13.2 Å². The molecule has 61 heavy (non-hydrogen) atoms. The number of aliphatic hydroxyl groups is 5.